The number of benzene rings is 1. The Balaban J connectivity index is 1.92. The van der Waals surface area contributed by atoms with Crippen molar-refractivity contribution in [2.24, 2.45) is 5.92 Å². The van der Waals surface area contributed by atoms with E-state index in [9.17, 15) is 14.7 Å². The number of allylic oxidation sites excluding steroid dienone is 1. The molecule has 0 aliphatic carbocycles. The van der Waals surface area contributed by atoms with Crippen LogP contribution in [-0.4, -0.2) is 61.6 Å². The minimum atomic E-state index is -0.578. The number of aliphatic hydroxyl groups excluding tert-OH is 1. The molecule has 1 aromatic rings. The SMILES string of the molecule is CCO[C@H]1OC(C(=O)N2CCCCCCC2)=C[C@@H](c2ccc(C(=O)OC)cc2)[C@@H]1CCCO. The molecule has 3 atom stereocenters. The van der Waals surface area contributed by atoms with Gasteiger partial charge in [-0.2, -0.15) is 0 Å². The molecule has 2 heterocycles. The second-order valence-corrected chi connectivity index (χ2v) is 8.70. The molecular weight excluding hydrogens is 422 g/mol. The molecule has 0 saturated carbocycles. The van der Waals surface area contributed by atoms with Crippen molar-refractivity contribution in [1.82, 2.24) is 4.90 Å². The van der Waals surface area contributed by atoms with Crippen LogP contribution < -0.4 is 0 Å². The van der Waals surface area contributed by atoms with E-state index in [0.717, 1.165) is 44.3 Å². The maximum absolute atomic E-state index is 13.4. The summed E-state index contributed by atoms with van der Waals surface area (Å²) in [7, 11) is 1.36. The zero-order chi connectivity index (χ0) is 23.6. The third-order valence-corrected chi connectivity index (χ3v) is 6.48. The van der Waals surface area contributed by atoms with E-state index in [1.54, 1.807) is 12.1 Å². The molecule has 1 fully saturated rings. The van der Waals surface area contributed by atoms with E-state index in [4.69, 9.17) is 14.2 Å². The maximum atomic E-state index is 13.4. The van der Waals surface area contributed by atoms with E-state index in [1.165, 1.54) is 13.5 Å². The lowest BCUT2D eigenvalue weighted by molar-refractivity contribution is -0.170. The number of amides is 1. The van der Waals surface area contributed by atoms with Crippen molar-refractivity contribution in [3.63, 3.8) is 0 Å². The molecule has 0 unspecified atom stereocenters. The molecule has 1 aromatic carbocycles. The Morgan fingerprint density at radius 1 is 1.09 bits per heavy atom. The summed E-state index contributed by atoms with van der Waals surface area (Å²) in [5.41, 5.74) is 1.44. The highest BCUT2D eigenvalue weighted by molar-refractivity contribution is 5.92. The summed E-state index contributed by atoms with van der Waals surface area (Å²) in [5.74, 6) is -0.344. The summed E-state index contributed by atoms with van der Waals surface area (Å²) in [6.45, 7) is 3.92. The highest BCUT2D eigenvalue weighted by atomic mass is 16.7. The van der Waals surface area contributed by atoms with Gasteiger partial charge in [-0.3, -0.25) is 4.79 Å². The lowest BCUT2D eigenvalue weighted by Gasteiger charge is -2.38. The van der Waals surface area contributed by atoms with Gasteiger partial charge in [0.1, 0.15) is 0 Å². The first-order chi connectivity index (χ1) is 16.1. The minimum Gasteiger partial charge on any atom is -0.465 e. The summed E-state index contributed by atoms with van der Waals surface area (Å²) in [6.07, 6.45) is 8.15. The topological polar surface area (TPSA) is 85.3 Å². The number of rotatable bonds is 8. The molecule has 7 nitrogen and oxygen atoms in total. The van der Waals surface area contributed by atoms with Gasteiger partial charge in [0.15, 0.2) is 5.76 Å². The third kappa shape index (κ3) is 6.58. The second-order valence-electron chi connectivity index (χ2n) is 8.70. The average Bonchev–Trinajstić information content (AvgIpc) is 2.82. The number of esters is 1. The van der Waals surface area contributed by atoms with Crippen LogP contribution in [0.25, 0.3) is 0 Å². The number of ether oxygens (including phenoxy) is 3. The van der Waals surface area contributed by atoms with Crippen molar-refractivity contribution in [3.8, 4) is 0 Å². The molecule has 2 aliphatic heterocycles. The van der Waals surface area contributed by atoms with Gasteiger partial charge in [-0.15, -0.1) is 0 Å². The summed E-state index contributed by atoms with van der Waals surface area (Å²) in [5, 5.41) is 9.45. The monoisotopic (exact) mass is 459 g/mol. The van der Waals surface area contributed by atoms with E-state index < -0.39 is 6.29 Å². The fraction of sp³-hybridized carbons (Fsp3) is 0.615. The number of carbonyl (C=O) groups excluding carboxylic acids is 2. The molecule has 0 aromatic heterocycles. The quantitative estimate of drug-likeness (QED) is 0.591. The third-order valence-electron chi connectivity index (χ3n) is 6.48. The zero-order valence-corrected chi connectivity index (χ0v) is 19.8. The highest BCUT2D eigenvalue weighted by Crippen LogP contribution is 2.40. The molecule has 7 heteroatoms. The lowest BCUT2D eigenvalue weighted by Crippen LogP contribution is -2.41. The largest absolute Gasteiger partial charge is 0.465 e. The van der Waals surface area contributed by atoms with Gasteiger partial charge in [-0.05, 0) is 56.4 Å². The lowest BCUT2D eigenvalue weighted by atomic mass is 9.80. The van der Waals surface area contributed by atoms with E-state index in [1.807, 2.05) is 30.0 Å². The predicted octanol–water partition coefficient (Wildman–Crippen LogP) is 4.01. The predicted molar refractivity (Wildman–Crippen MR) is 125 cm³/mol. The number of methoxy groups -OCH3 is 1. The summed E-state index contributed by atoms with van der Waals surface area (Å²) < 4.78 is 16.9. The van der Waals surface area contributed by atoms with Crippen LogP contribution in [0.4, 0.5) is 0 Å². The first-order valence-electron chi connectivity index (χ1n) is 12.2. The summed E-state index contributed by atoms with van der Waals surface area (Å²) in [4.78, 5) is 27.2. The van der Waals surface area contributed by atoms with Crippen molar-refractivity contribution in [3.05, 3.63) is 47.2 Å². The van der Waals surface area contributed by atoms with Crippen LogP contribution >= 0.6 is 0 Å². The second kappa shape index (κ2) is 12.8. The Morgan fingerprint density at radius 2 is 1.76 bits per heavy atom. The Bertz CT molecular complexity index is 798. The van der Waals surface area contributed by atoms with E-state index in [-0.39, 0.29) is 30.3 Å². The average molecular weight is 460 g/mol. The van der Waals surface area contributed by atoms with Gasteiger partial charge in [0.05, 0.1) is 12.7 Å². The summed E-state index contributed by atoms with van der Waals surface area (Å²) in [6, 6.07) is 7.27. The van der Waals surface area contributed by atoms with Crippen LogP contribution in [0.5, 0.6) is 0 Å². The zero-order valence-electron chi connectivity index (χ0n) is 19.8. The van der Waals surface area contributed by atoms with Gasteiger partial charge < -0.3 is 24.2 Å². The first kappa shape index (κ1) is 25.2. The number of nitrogens with zero attached hydrogens (tertiary/aromatic N) is 1. The maximum Gasteiger partial charge on any atom is 0.337 e. The van der Waals surface area contributed by atoms with Gasteiger partial charge in [-0.25, -0.2) is 4.79 Å². The molecule has 1 N–H and O–H groups in total. The van der Waals surface area contributed by atoms with E-state index in [2.05, 4.69) is 0 Å². The normalized spacial score (nSPS) is 23.7. The van der Waals surface area contributed by atoms with Crippen LogP contribution in [0.15, 0.2) is 36.1 Å². The summed E-state index contributed by atoms with van der Waals surface area (Å²) >= 11 is 0. The van der Waals surface area contributed by atoms with Crippen LogP contribution in [0.2, 0.25) is 0 Å². The fourth-order valence-corrected chi connectivity index (χ4v) is 4.70. The number of hydrogen-bond donors (Lipinski definition) is 1. The number of likely N-dealkylation sites (tertiary alicyclic amines) is 1. The van der Waals surface area contributed by atoms with Crippen molar-refractivity contribution < 1.29 is 28.9 Å². The standard InChI is InChI=1S/C26H37NO6/c1-3-32-26-21(10-9-17-28)22(19-11-13-20(14-12-19)25(30)31-2)18-23(33-26)24(29)27-15-7-5-4-6-8-16-27/h11-14,18,21-22,26,28H,3-10,15-17H2,1-2H3/t21-,22-,26-/m0/s1. The molecule has 1 saturated heterocycles. The van der Waals surface area contributed by atoms with Crippen LogP contribution in [0.3, 0.4) is 0 Å². The molecule has 182 valence electrons. The molecule has 0 bridgehead atoms. The van der Waals surface area contributed by atoms with Gasteiger partial charge >= 0.3 is 5.97 Å². The van der Waals surface area contributed by atoms with Crippen molar-refractivity contribution >= 4 is 11.9 Å². The molecular formula is C26H37NO6. The Morgan fingerprint density at radius 3 is 2.36 bits per heavy atom. The molecule has 1 amide bonds. The molecule has 33 heavy (non-hydrogen) atoms. The van der Waals surface area contributed by atoms with Gasteiger partial charge in [-0.1, -0.05) is 31.4 Å². The Kier molecular flexibility index (Phi) is 9.76. The first-order valence-corrected chi connectivity index (χ1v) is 12.2. The number of hydrogen-bond acceptors (Lipinski definition) is 6. The Hall–Kier alpha value is -2.38. The fourth-order valence-electron chi connectivity index (χ4n) is 4.70. The number of aliphatic hydroxyl groups is 1. The van der Waals surface area contributed by atoms with Gasteiger partial charge in [0.2, 0.25) is 6.29 Å². The van der Waals surface area contributed by atoms with Gasteiger partial charge in [0.25, 0.3) is 5.91 Å². The Labute approximate surface area is 196 Å². The highest BCUT2D eigenvalue weighted by Gasteiger charge is 2.38. The molecule has 2 aliphatic rings. The van der Waals surface area contributed by atoms with Crippen LogP contribution in [-0.2, 0) is 19.0 Å². The van der Waals surface area contributed by atoms with Crippen molar-refractivity contribution in [2.75, 3.05) is 33.4 Å². The van der Waals surface area contributed by atoms with E-state index in [0.29, 0.717) is 30.8 Å². The molecule has 3 rings (SSSR count). The van der Waals surface area contributed by atoms with Gasteiger partial charge in [0, 0.05) is 38.1 Å². The smallest absolute Gasteiger partial charge is 0.337 e. The van der Waals surface area contributed by atoms with Crippen LogP contribution in [0, 0.1) is 5.92 Å². The number of carbonyl (C=O) groups is 2. The molecule has 0 spiro atoms. The minimum absolute atomic E-state index is 0.0649. The van der Waals surface area contributed by atoms with Crippen LogP contribution in [0.1, 0.15) is 73.7 Å². The van der Waals surface area contributed by atoms with Crippen molar-refractivity contribution in [1.29, 1.82) is 0 Å². The van der Waals surface area contributed by atoms with E-state index >= 15 is 0 Å². The molecule has 0 radical (unpaired) electrons. The van der Waals surface area contributed by atoms with Crippen molar-refractivity contribution in [2.45, 2.75) is 64.1 Å².